The fourth-order valence-electron chi connectivity index (χ4n) is 1.43. The largest absolute Gasteiger partial charge is 0.382 e. The molecule has 0 aliphatic heterocycles. The van der Waals surface area contributed by atoms with Gasteiger partial charge in [0.25, 0.3) is 0 Å². The van der Waals surface area contributed by atoms with Crippen molar-refractivity contribution < 1.29 is 4.74 Å². The van der Waals surface area contributed by atoms with Crippen LogP contribution in [0.2, 0.25) is 5.15 Å². The van der Waals surface area contributed by atoms with Gasteiger partial charge in [-0.05, 0) is 13.3 Å². The number of rotatable bonds is 6. The van der Waals surface area contributed by atoms with Gasteiger partial charge in [-0.1, -0.05) is 11.6 Å². The second kappa shape index (κ2) is 6.42. The zero-order valence-electron chi connectivity index (χ0n) is 10.1. The maximum Gasteiger partial charge on any atom is 0.226 e. The van der Waals surface area contributed by atoms with Gasteiger partial charge in [0.15, 0.2) is 10.8 Å². The van der Waals surface area contributed by atoms with Crippen LogP contribution in [-0.2, 0) is 4.74 Å². The lowest BCUT2D eigenvalue weighted by Gasteiger charge is -2.06. The summed E-state index contributed by atoms with van der Waals surface area (Å²) >= 11 is 6.01. The zero-order chi connectivity index (χ0) is 12.8. The summed E-state index contributed by atoms with van der Waals surface area (Å²) in [6.07, 6.45) is 4.02. The summed E-state index contributed by atoms with van der Waals surface area (Å²) in [6, 6.07) is 0. The van der Waals surface area contributed by atoms with E-state index >= 15 is 0 Å². The summed E-state index contributed by atoms with van der Waals surface area (Å²) in [5.74, 6) is 0.462. The van der Waals surface area contributed by atoms with Crippen molar-refractivity contribution in [2.75, 3.05) is 25.1 Å². The third kappa shape index (κ3) is 3.24. The van der Waals surface area contributed by atoms with Gasteiger partial charge in [-0.2, -0.15) is 9.97 Å². The summed E-state index contributed by atoms with van der Waals surface area (Å²) < 4.78 is 5.24. The third-order valence-corrected chi connectivity index (χ3v) is 2.51. The molecule has 0 unspecified atom stereocenters. The van der Waals surface area contributed by atoms with Crippen molar-refractivity contribution in [2.45, 2.75) is 13.3 Å². The molecule has 0 fully saturated rings. The van der Waals surface area contributed by atoms with E-state index in [1.807, 2.05) is 6.92 Å². The number of nitrogens with one attached hydrogen (secondary N) is 1. The number of ether oxygens (including phenoxy) is 1. The van der Waals surface area contributed by atoms with E-state index in [1.165, 1.54) is 0 Å². The highest BCUT2D eigenvalue weighted by molar-refractivity contribution is 6.33. The van der Waals surface area contributed by atoms with Crippen LogP contribution in [0.1, 0.15) is 13.3 Å². The standard InChI is InChI=1S/C11H14ClN5O/c1-2-18-7-3-4-15-11-16-9(12)8-10(17-11)14-6-5-13-8/h5-6H,2-4,7H2,1H3,(H,14,15,16,17). The minimum atomic E-state index is 0.306. The van der Waals surface area contributed by atoms with Gasteiger partial charge in [0.05, 0.1) is 0 Å². The second-order valence-corrected chi connectivity index (χ2v) is 3.90. The molecule has 0 aliphatic carbocycles. The molecule has 0 bridgehead atoms. The van der Waals surface area contributed by atoms with Gasteiger partial charge in [-0.15, -0.1) is 0 Å². The lowest BCUT2D eigenvalue weighted by molar-refractivity contribution is 0.147. The Balaban J connectivity index is 2.01. The molecule has 7 heteroatoms. The molecule has 0 amide bonds. The molecule has 6 nitrogen and oxygen atoms in total. The van der Waals surface area contributed by atoms with Gasteiger partial charge < -0.3 is 10.1 Å². The first-order valence-electron chi connectivity index (χ1n) is 5.77. The Labute approximate surface area is 110 Å². The Kier molecular flexibility index (Phi) is 4.60. The maximum atomic E-state index is 6.01. The van der Waals surface area contributed by atoms with E-state index in [2.05, 4.69) is 25.3 Å². The number of aromatic nitrogens is 4. The summed E-state index contributed by atoms with van der Waals surface area (Å²) in [6.45, 7) is 4.14. The number of hydrogen-bond acceptors (Lipinski definition) is 6. The minimum Gasteiger partial charge on any atom is -0.382 e. The summed E-state index contributed by atoms with van der Waals surface area (Å²) in [5, 5.41) is 3.39. The molecular weight excluding hydrogens is 254 g/mol. The average Bonchev–Trinajstić information content (AvgIpc) is 2.39. The van der Waals surface area contributed by atoms with Crippen LogP contribution in [-0.4, -0.2) is 39.7 Å². The molecule has 0 atom stereocenters. The van der Waals surface area contributed by atoms with E-state index in [0.717, 1.165) is 19.6 Å². The fraction of sp³-hybridized carbons (Fsp3) is 0.455. The van der Waals surface area contributed by atoms with Crippen LogP contribution in [0.3, 0.4) is 0 Å². The smallest absolute Gasteiger partial charge is 0.226 e. The van der Waals surface area contributed by atoms with Gasteiger partial charge in [0.2, 0.25) is 5.95 Å². The number of anilines is 1. The summed E-state index contributed by atoms with van der Waals surface area (Å²) in [5.41, 5.74) is 1.00. The predicted molar refractivity (Wildman–Crippen MR) is 69.7 cm³/mol. The molecule has 0 radical (unpaired) electrons. The van der Waals surface area contributed by atoms with Crippen LogP contribution in [0.15, 0.2) is 12.4 Å². The predicted octanol–water partition coefficient (Wildman–Crippen LogP) is 1.91. The first-order valence-corrected chi connectivity index (χ1v) is 6.15. The van der Waals surface area contributed by atoms with Gasteiger partial charge in [-0.3, -0.25) is 0 Å². The lowest BCUT2D eigenvalue weighted by atomic mass is 10.4. The molecule has 18 heavy (non-hydrogen) atoms. The normalized spacial score (nSPS) is 10.8. The van der Waals surface area contributed by atoms with E-state index in [0.29, 0.717) is 28.9 Å². The molecule has 2 aromatic rings. The Morgan fingerprint density at radius 2 is 2.11 bits per heavy atom. The van der Waals surface area contributed by atoms with Crippen molar-refractivity contribution in [3.63, 3.8) is 0 Å². The first kappa shape index (κ1) is 12.9. The number of hydrogen-bond donors (Lipinski definition) is 1. The topological polar surface area (TPSA) is 72.8 Å². The van der Waals surface area contributed by atoms with Crippen LogP contribution >= 0.6 is 11.6 Å². The van der Waals surface area contributed by atoms with Crippen molar-refractivity contribution in [1.82, 2.24) is 19.9 Å². The van der Waals surface area contributed by atoms with Crippen molar-refractivity contribution in [3.8, 4) is 0 Å². The SMILES string of the molecule is CCOCCCNc1nc(Cl)c2nccnc2n1. The molecule has 2 aromatic heterocycles. The highest BCUT2D eigenvalue weighted by Crippen LogP contribution is 2.17. The average molecular weight is 268 g/mol. The van der Waals surface area contributed by atoms with Crippen LogP contribution in [0.25, 0.3) is 11.2 Å². The van der Waals surface area contributed by atoms with Crippen LogP contribution in [0.5, 0.6) is 0 Å². The third-order valence-electron chi connectivity index (χ3n) is 2.24. The number of fused-ring (bicyclic) bond motifs is 1. The zero-order valence-corrected chi connectivity index (χ0v) is 10.8. The molecule has 0 aliphatic rings. The number of halogens is 1. The monoisotopic (exact) mass is 267 g/mol. The van der Waals surface area contributed by atoms with Crippen LogP contribution in [0, 0.1) is 0 Å². The van der Waals surface area contributed by atoms with Crippen molar-refractivity contribution in [3.05, 3.63) is 17.5 Å². The van der Waals surface area contributed by atoms with Crippen LogP contribution < -0.4 is 5.32 Å². The fourth-order valence-corrected chi connectivity index (χ4v) is 1.64. The van der Waals surface area contributed by atoms with Crippen molar-refractivity contribution >= 4 is 28.7 Å². The van der Waals surface area contributed by atoms with Crippen molar-refractivity contribution in [1.29, 1.82) is 0 Å². The number of nitrogens with zero attached hydrogens (tertiary/aromatic N) is 4. The van der Waals surface area contributed by atoms with Crippen LogP contribution in [0.4, 0.5) is 5.95 Å². The lowest BCUT2D eigenvalue weighted by Crippen LogP contribution is -2.09. The van der Waals surface area contributed by atoms with E-state index in [1.54, 1.807) is 12.4 Å². The molecule has 0 aromatic carbocycles. The molecule has 2 heterocycles. The summed E-state index contributed by atoms with van der Waals surface area (Å²) in [4.78, 5) is 16.5. The van der Waals surface area contributed by atoms with Gasteiger partial charge in [0.1, 0.15) is 5.52 Å². The molecule has 0 saturated carbocycles. The van der Waals surface area contributed by atoms with E-state index in [9.17, 15) is 0 Å². The highest BCUT2D eigenvalue weighted by atomic mass is 35.5. The Morgan fingerprint density at radius 1 is 1.28 bits per heavy atom. The van der Waals surface area contributed by atoms with E-state index < -0.39 is 0 Å². The van der Waals surface area contributed by atoms with E-state index in [-0.39, 0.29) is 0 Å². The molecular formula is C11H14ClN5O. The Morgan fingerprint density at radius 3 is 2.94 bits per heavy atom. The minimum absolute atomic E-state index is 0.306. The second-order valence-electron chi connectivity index (χ2n) is 3.54. The van der Waals surface area contributed by atoms with Gasteiger partial charge >= 0.3 is 0 Å². The van der Waals surface area contributed by atoms with Gasteiger partial charge in [0, 0.05) is 32.2 Å². The molecule has 0 saturated heterocycles. The molecule has 0 spiro atoms. The first-order chi connectivity index (χ1) is 8.81. The molecule has 96 valence electrons. The Hall–Kier alpha value is -1.53. The van der Waals surface area contributed by atoms with E-state index in [4.69, 9.17) is 16.3 Å². The van der Waals surface area contributed by atoms with Crippen molar-refractivity contribution in [2.24, 2.45) is 0 Å². The summed E-state index contributed by atoms with van der Waals surface area (Å²) in [7, 11) is 0. The van der Waals surface area contributed by atoms with Gasteiger partial charge in [-0.25, -0.2) is 9.97 Å². The molecule has 2 rings (SSSR count). The Bertz CT molecular complexity index is 522. The molecule has 1 N–H and O–H groups in total. The maximum absolute atomic E-state index is 6.01. The quantitative estimate of drug-likeness (QED) is 0.637. The highest BCUT2D eigenvalue weighted by Gasteiger charge is 2.06.